The largest absolute Gasteiger partial charge is 0.328 e. The number of nitrogens with zero attached hydrogens (tertiary/aromatic N) is 3. The smallest absolute Gasteiger partial charge is 0.286 e. The lowest BCUT2D eigenvalue weighted by Crippen LogP contribution is -2.37. The highest BCUT2D eigenvalue weighted by Crippen LogP contribution is 2.36. The number of carbonyl (C=O) groups excluding carboxylic acids is 1. The summed E-state index contributed by atoms with van der Waals surface area (Å²) in [5, 5.41) is 0. The van der Waals surface area contributed by atoms with Crippen molar-refractivity contribution in [2.45, 2.75) is 43.4 Å². The van der Waals surface area contributed by atoms with Gasteiger partial charge >= 0.3 is 0 Å². The number of hydrogen-bond acceptors (Lipinski definition) is 4. The van der Waals surface area contributed by atoms with Crippen molar-refractivity contribution in [2.24, 2.45) is 4.40 Å². The van der Waals surface area contributed by atoms with Gasteiger partial charge in [0, 0.05) is 30.8 Å². The van der Waals surface area contributed by atoms with E-state index in [0.29, 0.717) is 30.1 Å². The molecule has 1 saturated heterocycles. The summed E-state index contributed by atoms with van der Waals surface area (Å²) in [6.45, 7) is 1.39. The molecular weight excluding hydrogens is 386 g/mol. The third-order valence-electron chi connectivity index (χ3n) is 5.95. The predicted molar refractivity (Wildman–Crippen MR) is 113 cm³/mol. The van der Waals surface area contributed by atoms with Crippen molar-refractivity contribution in [3.8, 4) is 0 Å². The lowest BCUT2D eigenvalue weighted by molar-refractivity contribution is 0.0985. The molecule has 3 heterocycles. The van der Waals surface area contributed by atoms with Crippen LogP contribution in [-0.4, -0.2) is 33.3 Å². The van der Waals surface area contributed by atoms with Gasteiger partial charge in [0.15, 0.2) is 0 Å². The first-order chi connectivity index (χ1) is 14.0. The van der Waals surface area contributed by atoms with Gasteiger partial charge in [0.05, 0.1) is 5.69 Å². The zero-order valence-electron chi connectivity index (χ0n) is 16.2. The molecule has 3 aliphatic heterocycles. The van der Waals surface area contributed by atoms with Crippen LogP contribution >= 0.6 is 0 Å². The monoisotopic (exact) mass is 409 g/mol. The second kappa shape index (κ2) is 6.99. The first-order valence-electron chi connectivity index (χ1n) is 10.2. The van der Waals surface area contributed by atoms with Crippen molar-refractivity contribution in [2.75, 3.05) is 22.9 Å². The lowest BCUT2D eigenvalue weighted by Gasteiger charge is -2.31. The normalized spacial score (nSPS) is 20.1. The predicted octanol–water partition coefficient (Wildman–Crippen LogP) is 3.76. The molecule has 0 unspecified atom stereocenters. The van der Waals surface area contributed by atoms with E-state index in [4.69, 9.17) is 0 Å². The summed E-state index contributed by atoms with van der Waals surface area (Å²) >= 11 is 0. The van der Waals surface area contributed by atoms with Crippen LogP contribution in [-0.2, 0) is 16.4 Å². The van der Waals surface area contributed by atoms with Gasteiger partial charge in [0.2, 0.25) is 0 Å². The Morgan fingerprint density at radius 1 is 0.897 bits per heavy atom. The average Bonchev–Trinajstić information content (AvgIpc) is 2.97. The second-order valence-corrected chi connectivity index (χ2v) is 9.39. The first-order valence-corrected chi connectivity index (χ1v) is 11.6. The van der Waals surface area contributed by atoms with Gasteiger partial charge in [-0.3, -0.25) is 4.79 Å². The fourth-order valence-electron chi connectivity index (χ4n) is 4.51. The van der Waals surface area contributed by atoms with Gasteiger partial charge in [-0.15, -0.1) is 4.40 Å². The molecule has 0 N–H and O–H groups in total. The number of amidine groups is 1. The molecule has 0 spiro atoms. The standard InChI is InChI=1S/C22H23N3O3S/c26-22(25-14-6-8-16-7-3-4-9-18(16)25)17-11-12-19-20(15-17)29(27,28)23-21-10-2-1-5-13-24(19)21/h3-4,7,9,11-12,15H,1-2,5-6,8,10,13-14H2. The fourth-order valence-corrected chi connectivity index (χ4v) is 5.80. The van der Waals surface area contributed by atoms with E-state index in [1.807, 2.05) is 29.2 Å². The molecule has 0 aliphatic carbocycles. The van der Waals surface area contributed by atoms with Crippen molar-refractivity contribution < 1.29 is 13.2 Å². The molecule has 5 rings (SSSR count). The van der Waals surface area contributed by atoms with Crippen molar-refractivity contribution in [3.63, 3.8) is 0 Å². The van der Waals surface area contributed by atoms with E-state index in [9.17, 15) is 13.2 Å². The van der Waals surface area contributed by atoms with Crippen LogP contribution in [0.15, 0.2) is 51.8 Å². The van der Waals surface area contributed by atoms with Crippen LogP contribution in [0.1, 0.15) is 48.0 Å². The molecule has 0 saturated carbocycles. The zero-order chi connectivity index (χ0) is 20.0. The Labute approximate surface area is 170 Å². The number of amides is 1. The maximum Gasteiger partial charge on any atom is 0.286 e. The van der Waals surface area contributed by atoms with Crippen LogP contribution < -0.4 is 9.80 Å². The Hall–Kier alpha value is -2.67. The highest BCUT2D eigenvalue weighted by Gasteiger charge is 2.33. The number of carbonyl (C=O) groups is 1. The fraction of sp³-hybridized carbons (Fsp3) is 0.364. The quantitative estimate of drug-likeness (QED) is 0.719. The molecule has 150 valence electrons. The number of hydrogen-bond donors (Lipinski definition) is 0. The van der Waals surface area contributed by atoms with E-state index in [1.54, 1.807) is 17.0 Å². The maximum absolute atomic E-state index is 13.3. The topological polar surface area (TPSA) is 70.0 Å². The first kappa shape index (κ1) is 18.4. The molecule has 7 heteroatoms. The Morgan fingerprint density at radius 2 is 1.76 bits per heavy atom. The molecule has 3 aliphatic rings. The summed E-state index contributed by atoms with van der Waals surface area (Å²) in [4.78, 5) is 17.2. The van der Waals surface area contributed by atoms with Gasteiger partial charge in [0.1, 0.15) is 10.7 Å². The van der Waals surface area contributed by atoms with Gasteiger partial charge < -0.3 is 9.80 Å². The maximum atomic E-state index is 13.3. The molecule has 0 radical (unpaired) electrons. The zero-order valence-corrected chi connectivity index (χ0v) is 17.0. The molecule has 0 aromatic heterocycles. The SMILES string of the molecule is O=C(c1ccc2c(c1)S(=O)(=O)N=C1CCCCCN12)N1CCCc2ccccc21. The molecule has 1 amide bonds. The van der Waals surface area contributed by atoms with Gasteiger partial charge in [-0.2, -0.15) is 8.42 Å². The third kappa shape index (κ3) is 3.13. The molecule has 6 nitrogen and oxygen atoms in total. The van der Waals surface area contributed by atoms with Crippen LogP contribution in [0.25, 0.3) is 0 Å². The Bertz CT molecular complexity index is 1120. The number of benzene rings is 2. The Balaban J connectivity index is 1.55. The molecule has 2 aromatic carbocycles. The molecule has 2 aromatic rings. The van der Waals surface area contributed by atoms with Crippen molar-refractivity contribution in [3.05, 3.63) is 53.6 Å². The summed E-state index contributed by atoms with van der Waals surface area (Å²) in [6.07, 6.45) is 5.53. The van der Waals surface area contributed by atoms with E-state index in [1.165, 1.54) is 6.07 Å². The van der Waals surface area contributed by atoms with Gasteiger partial charge in [0.25, 0.3) is 15.9 Å². The van der Waals surface area contributed by atoms with Gasteiger partial charge in [-0.25, -0.2) is 0 Å². The van der Waals surface area contributed by atoms with Crippen molar-refractivity contribution in [1.29, 1.82) is 0 Å². The third-order valence-corrected chi connectivity index (χ3v) is 7.28. The summed E-state index contributed by atoms with van der Waals surface area (Å²) in [6, 6.07) is 12.9. The Morgan fingerprint density at radius 3 is 2.66 bits per heavy atom. The summed E-state index contributed by atoms with van der Waals surface area (Å²) in [5.74, 6) is 0.458. The molecule has 29 heavy (non-hydrogen) atoms. The van der Waals surface area contributed by atoms with Crippen LogP contribution in [0.4, 0.5) is 11.4 Å². The number of para-hydroxylation sites is 1. The van der Waals surface area contributed by atoms with Gasteiger partial charge in [-0.05, 0) is 55.5 Å². The number of fused-ring (bicyclic) bond motifs is 4. The minimum absolute atomic E-state index is 0.138. The lowest BCUT2D eigenvalue weighted by atomic mass is 10.0. The number of aryl methyl sites for hydroxylation is 1. The van der Waals surface area contributed by atoms with Crippen LogP contribution in [0.3, 0.4) is 0 Å². The van der Waals surface area contributed by atoms with E-state index in [0.717, 1.165) is 49.9 Å². The summed E-state index contributed by atoms with van der Waals surface area (Å²) < 4.78 is 29.8. The molecular formula is C22H23N3O3S. The van der Waals surface area contributed by atoms with E-state index >= 15 is 0 Å². The van der Waals surface area contributed by atoms with Crippen LogP contribution in [0.2, 0.25) is 0 Å². The van der Waals surface area contributed by atoms with Gasteiger partial charge in [-0.1, -0.05) is 24.6 Å². The number of rotatable bonds is 1. The van der Waals surface area contributed by atoms with E-state index in [-0.39, 0.29) is 10.8 Å². The van der Waals surface area contributed by atoms with Crippen molar-refractivity contribution >= 4 is 33.1 Å². The molecule has 1 fully saturated rings. The minimum atomic E-state index is -3.80. The highest BCUT2D eigenvalue weighted by molar-refractivity contribution is 7.90. The molecule has 0 bridgehead atoms. The van der Waals surface area contributed by atoms with E-state index < -0.39 is 10.0 Å². The minimum Gasteiger partial charge on any atom is -0.328 e. The Kier molecular flexibility index (Phi) is 4.42. The number of anilines is 2. The van der Waals surface area contributed by atoms with Crippen LogP contribution in [0.5, 0.6) is 0 Å². The van der Waals surface area contributed by atoms with Crippen LogP contribution in [0, 0.1) is 0 Å². The molecule has 0 atom stereocenters. The van der Waals surface area contributed by atoms with Crippen molar-refractivity contribution in [1.82, 2.24) is 0 Å². The van der Waals surface area contributed by atoms with E-state index in [2.05, 4.69) is 4.40 Å². The highest BCUT2D eigenvalue weighted by atomic mass is 32.2. The number of sulfonamides is 1. The summed E-state index contributed by atoms with van der Waals surface area (Å²) in [5.41, 5.74) is 3.10. The second-order valence-electron chi connectivity index (χ2n) is 7.82. The summed E-state index contributed by atoms with van der Waals surface area (Å²) in [7, 11) is -3.80. The average molecular weight is 410 g/mol.